The normalized spacial score (nSPS) is 18.7. The standard InChI is InChI=1S/C33H34N4O3S/c1-22-14-16-25(17-15-22)37-33-30(31(35-37)24-10-4-3-5-11-24)32(27-13-7-6-9-23(27)2)41-21-29(39)36(33)20-28(38)34-19-26-12-8-18-40-26/h3-7,9-11,13-17,26,32H,8,12,18-21H2,1-2H3,(H,34,38)/t26-,32+/m0/s1. The van der Waals surface area contributed by atoms with Crippen LogP contribution in [0.15, 0.2) is 78.9 Å². The van der Waals surface area contributed by atoms with E-state index in [0.29, 0.717) is 12.4 Å². The van der Waals surface area contributed by atoms with E-state index in [2.05, 4.69) is 24.4 Å². The largest absolute Gasteiger partial charge is 0.376 e. The molecule has 3 aromatic carbocycles. The van der Waals surface area contributed by atoms with Crippen molar-refractivity contribution in [2.75, 3.05) is 30.3 Å². The van der Waals surface area contributed by atoms with Crippen molar-refractivity contribution in [3.63, 3.8) is 0 Å². The highest BCUT2D eigenvalue weighted by Gasteiger charge is 2.38. The number of anilines is 1. The number of aromatic nitrogens is 2. The van der Waals surface area contributed by atoms with E-state index in [1.807, 2.05) is 78.3 Å². The third-order valence-electron chi connectivity index (χ3n) is 7.74. The predicted octanol–water partition coefficient (Wildman–Crippen LogP) is 5.62. The second-order valence-electron chi connectivity index (χ2n) is 10.7. The van der Waals surface area contributed by atoms with Gasteiger partial charge < -0.3 is 10.1 Å². The molecule has 1 saturated heterocycles. The topological polar surface area (TPSA) is 76.5 Å². The molecule has 0 radical (unpaired) electrons. The molecule has 2 amide bonds. The summed E-state index contributed by atoms with van der Waals surface area (Å²) < 4.78 is 7.54. The molecule has 2 atom stereocenters. The van der Waals surface area contributed by atoms with E-state index in [4.69, 9.17) is 9.84 Å². The smallest absolute Gasteiger partial charge is 0.240 e. The van der Waals surface area contributed by atoms with E-state index in [0.717, 1.165) is 58.6 Å². The van der Waals surface area contributed by atoms with Gasteiger partial charge in [0, 0.05) is 24.3 Å². The van der Waals surface area contributed by atoms with Crippen molar-refractivity contribution in [3.05, 3.63) is 101 Å². The van der Waals surface area contributed by atoms with Gasteiger partial charge in [-0.3, -0.25) is 14.5 Å². The van der Waals surface area contributed by atoms with E-state index < -0.39 is 0 Å². The van der Waals surface area contributed by atoms with Gasteiger partial charge in [0.15, 0.2) is 0 Å². The van der Waals surface area contributed by atoms with Gasteiger partial charge in [-0.25, -0.2) is 4.68 Å². The van der Waals surface area contributed by atoms with Gasteiger partial charge in [0.1, 0.15) is 12.4 Å². The molecule has 1 fully saturated rings. The number of carbonyl (C=O) groups is 2. The summed E-state index contributed by atoms with van der Waals surface area (Å²) in [7, 11) is 0. The zero-order valence-corrected chi connectivity index (χ0v) is 24.2. The maximum atomic E-state index is 13.9. The molecule has 0 unspecified atom stereocenters. The highest BCUT2D eigenvalue weighted by Crippen LogP contribution is 2.49. The number of aryl methyl sites for hydroxylation is 2. The molecule has 0 bridgehead atoms. The lowest BCUT2D eigenvalue weighted by Gasteiger charge is -2.24. The minimum atomic E-state index is -0.211. The Balaban J connectivity index is 1.52. The first kappa shape index (κ1) is 27.3. The van der Waals surface area contributed by atoms with E-state index >= 15 is 0 Å². The predicted molar refractivity (Wildman–Crippen MR) is 164 cm³/mol. The zero-order chi connectivity index (χ0) is 28.3. The van der Waals surface area contributed by atoms with Crippen molar-refractivity contribution in [1.82, 2.24) is 15.1 Å². The van der Waals surface area contributed by atoms with Crippen molar-refractivity contribution < 1.29 is 14.3 Å². The fraction of sp³-hybridized carbons (Fsp3) is 0.303. The molecule has 7 nitrogen and oxygen atoms in total. The first-order valence-electron chi connectivity index (χ1n) is 14.1. The Labute approximate surface area is 244 Å². The Morgan fingerprint density at radius 1 is 1.02 bits per heavy atom. The van der Waals surface area contributed by atoms with Crippen LogP contribution in [-0.4, -0.2) is 53.1 Å². The van der Waals surface area contributed by atoms with Crippen LogP contribution in [0.3, 0.4) is 0 Å². The Morgan fingerprint density at radius 3 is 2.51 bits per heavy atom. The molecule has 210 valence electrons. The number of nitrogens with one attached hydrogen (secondary N) is 1. The van der Waals surface area contributed by atoms with Crippen molar-refractivity contribution in [1.29, 1.82) is 0 Å². The zero-order valence-electron chi connectivity index (χ0n) is 23.4. The first-order chi connectivity index (χ1) is 20.0. The fourth-order valence-corrected chi connectivity index (χ4v) is 6.85. The van der Waals surface area contributed by atoms with Crippen molar-refractivity contribution in [3.8, 4) is 16.9 Å². The summed E-state index contributed by atoms with van der Waals surface area (Å²) in [4.78, 5) is 28.8. The van der Waals surface area contributed by atoms with E-state index in [-0.39, 0.29) is 35.5 Å². The quantitative estimate of drug-likeness (QED) is 0.314. The summed E-state index contributed by atoms with van der Waals surface area (Å²) >= 11 is 1.59. The third kappa shape index (κ3) is 5.67. The van der Waals surface area contributed by atoms with E-state index in [1.54, 1.807) is 16.7 Å². The maximum absolute atomic E-state index is 13.9. The molecule has 0 spiro atoms. The molecular formula is C33H34N4O3S. The summed E-state index contributed by atoms with van der Waals surface area (Å²) in [6, 6.07) is 26.5. The number of carbonyl (C=O) groups excluding carboxylic acids is 2. The summed E-state index contributed by atoms with van der Waals surface area (Å²) in [5.74, 6) is 0.558. The molecule has 0 aliphatic carbocycles. The summed E-state index contributed by atoms with van der Waals surface area (Å²) in [5.41, 5.74) is 6.96. The van der Waals surface area contributed by atoms with E-state index in [9.17, 15) is 9.59 Å². The monoisotopic (exact) mass is 566 g/mol. The molecule has 1 aromatic heterocycles. The number of hydrogen-bond acceptors (Lipinski definition) is 5. The number of nitrogens with zero attached hydrogens (tertiary/aromatic N) is 3. The van der Waals surface area contributed by atoms with Crippen LogP contribution in [0.1, 0.15) is 40.3 Å². The second kappa shape index (κ2) is 11.9. The molecular weight excluding hydrogens is 532 g/mol. The molecule has 8 heteroatoms. The SMILES string of the molecule is Cc1ccc(-n2nc(-c3ccccc3)c3c2N(CC(=O)NC[C@@H]2CCCO2)C(=O)CS[C@@H]3c2ccccc2C)cc1. The average Bonchev–Trinajstić information content (AvgIpc) is 3.62. The molecule has 2 aliphatic heterocycles. The third-order valence-corrected chi connectivity index (χ3v) is 8.97. The van der Waals surface area contributed by atoms with Crippen molar-refractivity contribution in [2.45, 2.75) is 38.0 Å². The number of hydrogen-bond donors (Lipinski definition) is 1. The van der Waals surface area contributed by atoms with Gasteiger partial charge in [-0.2, -0.15) is 5.10 Å². The van der Waals surface area contributed by atoms with Gasteiger partial charge in [-0.1, -0.05) is 72.3 Å². The molecule has 1 N–H and O–H groups in total. The number of fused-ring (bicyclic) bond motifs is 1. The number of amides is 2. The highest BCUT2D eigenvalue weighted by molar-refractivity contribution is 8.00. The van der Waals surface area contributed by atoms with Crippen molar-refractivity contribution in [2.24, 2.45) is 0 Å². The van der Waals surface area contributed by atoms with Crippen LogP contribution in [0, 0.1) is 13.8 Å². The van der Waals surface area contributed by atoms with Gasteiger partial charge in [-0.05, 0) is 49.9 Å². The van der Waals surface area contributed by atoms with E-state index in [1.165, 1.54) is 0 Å². The molecule has 4 aromatic rings. The first-order valence-corrected chi connectivity index (χ1v) is 15.2. The summed E-state index contributed by atoms with van der Waals surface area (Å²) in [6.07, 6.45) is 1.96. The minimum absolute atomic E-state index is 0.0260. The van der Waals surface area contributed by atoms with Gasteiger partial charge in [-0.15, -0.1) is 11.8 Å². The number of benzene rings is 3. The lowest BCUT2D eigenvalue weighted by Crippen LogP contribution is -2.44. The Hall–Kier alpha value is -3.88. The van der Waals surface area contributed by atoms with Crippen LogP contribution in [0.2, 0.25) is 0 Å². The van der Waals surface area contributed by atoms with Gasteiger partial charge in [0.2, 0.25) is 11.8 Å². The Bertz CT molecular complexity index is 1540. The van der Waals surface area contributed by atoms with Gasteiger partial charge in [0.25, 0.3) is 0 Å². The Kier molecular flexibility index (Phi) is 7.94. The molecule has 0 saturated carbocycles. The number of ether oxygens (including phenoxy) is 1. The molecule has 41 heavy (non-hydrogen) atoms. The minimum Gasteiger partial charge on any atom is -0.376 e. The lowest BCUT2D eigenvalue weighted by molar-refractivity contribution is -0.123. The van der Waals surface area contributed by atoms with Crippen LogP contribution in [0.4, 0.5) is 5.82 Å². The van der Waals surface area contributed by atoms with Gasteiger partial charge >= 0.3 is 0 Å². The molecule has 6 rings (SSSR count). The Morgan fingerprint density at radius 2 is 1.78 bits per heavy atom. The maximum Gasteiger partial charge on any atom is 0.240 e. The highest BCUT2D eigenvalue weighted by atomic mass is 32.2. The van der Waals surface area contributed by atoms with Crippen molar-refractivity contribution >= 4 is 29.4 Å². The average molecular weight is 567 g/mol. The number of thioether (sulfide) groups is 1. The van der Waals surface area contributed by atoms with Crippen LogP contribution in [0.25, 0.3) is 16.9 Å². The summed E-state index contributed by atoms with van der Waals surface area (Å²) in [6.45, 7) is 5.23. The number of rotatable bonds is 7. The van der Waals surface area contributed by atoms with Crippen LogP contribution in [-0.2, 0) is 14.3 Å². The molecule has 3 heterocycles. The van der Waals surface area contributed by atoms with Crippen LogP contribution < -0.4 is 10.2 Å². The fourth-order valence-electron chi connectivity index (χ4n) is 5.55. The van der Waals surface area contributed by atoms with Gasteiger partial charge in [0.05, 0.1) is 28.5 Å². The summed E-state index contributed by atoms with van der Waals surface area (Å²) in [5, 5.41) is 8.03. The lowest BCUT2D eigenvalue weighted by atomic mass is 9.97. The molecule has 2 aliphatic rings. The van der Waals surface area contributed by atoms with Crippen LogP contribution in [0.5, 0.6) is 0 Å². The van der Waals surface area contributed by atoms with Crippen LogP contribution >= 0.6 is 11.8 Å². The second-order valence-corrected chi connectivity index (χ2v) is 11.8.